The summed E-state index contributed by atoms with van der Waals surface area (Å²) in [6.07, 6.45) is 3.57. The number of ether oxygens (including phenoxy) is 1. The SMILES string of the molecule is O=C(NCCN1CCCCC1)[C@H]1CN(Cc2ccccc2)CCO1. The molecule has 3 rings (SSSR count). The topological polar surface area (TPSA) is 44.8 Å². The van der Waals surface area contributed by atoms with Crippen molar-refractivity contribution in [2.24, 2.45) is 0 Å². The second kappa shape index (κ2) is 9.16. The Morgan fingerprint density at radius 1 is 1.08 bits per heavy atom. The molecule has 24 heavy (non-hydrogen) atoms. The summed E-state index contributed by atoms with van der Waals surface area (Å²) in [7, 11) is 0. The van der Waals surface area contributed by atoms with Crippen LogP contribution >= 0.6 is 0 Å². The molecule has 1 N–H and O–H groups in total. The lowest BCUT2D eigenvalue weighted by molar-refractivity contribution is -0.138. The number of nitrogens with zero attached hydrogens (tertiary/aromatic N) is 2. The Balaban J connectivity index is 1.39. The third-order valence-electron chi connectivity index (χ3n) is 4.87. The Kier molecular flexibility index (Phi) is 6.64. The smallest absolute Gasteiger partial charge is 0.250 e. The number of likely N-dealkylation sites (tertiary alicyclic amines) is 1. The van der Waals surface area contributed by atoms with Gasteiger partial charge in [0, 0.05) is 32.7 Å². The average molecular weight is 331 g/mol. The van der Waals surface area contributed by atoms with E-state index in [1.807, 2.05) is 6.07 Å². The molecule has 0 aliphatic carbocycles. The number of piperidine rings is 1. The van der Waals surface area contributed by atoms with Crippen molar-refractivity contribution < 1.29 is 9.53 Å². The molecule has 2 aliphatic rings. The molecule has 2 fully saturated rings. The largest absolute Gasteiger partial charge is 0.366 e. The van der Waals surface area contributed by atoms with Crippen molar-refractivity contribution in [3.63, 3.8) is 0 Å². The van der Waals surface area contributed by atoms with Gasteiger partial charge in [0.25, 0.3) is 5.91 Å². The molecule has 0 radical (unpaired) electrons. The van der Waals surface area contributed by atoms with Crippen LogP contribution in [-0.4, -0.2) is 67.7 Å². The normalized spacial score (nSPS) is 23.1. The Labute approximate surface area is 145 Å². The van der Waals surface area contributed by atoms with Gasteiger partial charge in [0.1, 0.15) is 6.10 Å². The van der Waals surface area contributed by atoms with Gasteiger partial charge >= 0.3 is 0 Å². The number of rotatable bonds is 6. The van der Waals surface area contributed by atoms with E-state index in [4.69, 9.17) is 4.74 Å². The number of carbonyl (C=O) groups excluding carboxylic acids is 1. The number of morpholine rings is 1. The highest BCUT2D eigenvalue weighted by molar-refractivity contribution is 5.81. The average Bonchev–Trinajstić information content (AvgIpc) is 2.64. The second-order valence-corrected chi connectivity index (χ2v) is 6.77. The lowest BCUT2D eigenvalue weighted by Crippen LogP contribution is -2.50. The van der Waals surface area contributed by atoms with Crippen molar-refractivity contribution in [3.05, 3.63) is 35.9 Å². The summed E-state index contributed by atoms with van der Waals surface area (Å²) in [5.74, 6) is 0.0322. The van der Waals surface area contributed by atoms with Gasteiger partial charge in [-0.1, -0.05) is 36.8 Å². The van der Waals surface area contributed by atoms with Gasteiger partial charge in [0.15, 0.2) is 0 Å². The maximum absolute atomic E-state index is 12.4. The summed E-state index contributed by atoms with van der Waals surface area (Å²) in [6.45, 7) is 7.06. The number of benzene rings is 1. The third-order valence-corrected chi connectivity index (χ3v) is 4.87. The van der Waals surface area contributed by atoms with Gasteiger partial charge in [-0.05, 0) is 31.5 Å². The molecule has 2 heterocycles. The molecule has 5 nitrogen and oxygen atoms in total. The maximum Gasteiger partial charge on any atom is 0.250 e. The lowest BCUT2D eigenvalue weighted by Gasteiger charge is -2.32. The molecule has 132 valence electrons. The molecule has 0 bridgehead atoms. The summed E-state index contributed by atoms with van der Waals surface area (Å²) in [6, 6.07) is 10.4. The molecule has 2 saturated heterocycles. The first-order chi connectivity index (χ1) is 11.8. The summed E-state index contributed by atoms with van der Waals surface area (Å²) < 4.78 is 5.68. The van der Waals surface area contributed by atoms with Crippen LogP contribution in [0.1, 0.15) is 24.8 Å². The third kappa shape index (κ3) is 5.30. The highest BCUT2D eigenvalue weighted by atomic mass is 16.5. The van der Waals surface area contributed by atoms with Gasteiger partial charge in [0.05, 0.1) is 6.61 Å². The first kappa shape index (κ1) is 17.4. The number of hydrogen-bond donors (Lipinski definition) is 1. The zero-order chi connectivity index (χ0) is 16.6. The molecule has 1 aromatic rings. The van der Waals surface area contributed by atoms with Crippen LogP contribution in [0.5, 0.6) is 0 Å². The van der Waals surface area contributed by atoms with Crippen LogP contribution in [-0.2, 0) is 16.1 Å². The lowest BCUT2D eigenvalue weighted by atomic mass is 10.1. The number of carbonyl (C=O) groups is 1. The highest BCUT2D eigenvalue weighted by Gasteiger charge is 2.26. The summed E-state index contributed by atoms with van der Waals surface area (Å²) in [4.78, 5) is 17.1. The van der Waals surface area contributed by atoms with E-state index in [9.17, 15) is 4.79 Å². The summed E-state index contributed by atoms with van der Waals surface area (Å²) in [5, 5.41) is 3.05. The molecule has 1 atom stereocenters. The zero-order valence-electron chi connectivity index (χ0n) is 14.5. The van der Waals surface area contributed by atoms with E-state index in [2.05, 4.69) is 39.4 Å². The van der Waals surface area contributed by atoms with Crippen LogP contribution in [0, 0.1) is 0 Å². The molecular formula is C19H29N3O2. The van der Waals surface area contributed by atoms with Crippen LogP contribution in [0.15, 0.2) is 30.3 Å². The zero-order valence-corrected chi connectivity index (χ0v) is 14.5. The Hall–Kier alpha value is -1.43. The second-order valence-electron chi connectivity index (χ2n) is 6.77. The first-order valence-electron chi connectivity index (χ1n) is 9.19. The van der Waals surface area contributed by atoms with E-state index in [0.29, 0.717) is 13.2 Å². The maximum atomic E-state index is 12.4. The van der Waals surface area contributed by atoms with Gasteiger partial charge in [-0.15, -0.1) is 0 Å². The fourth-order valence-electron chi connectivity index (χ4n) is 3.48. The molecule has 5 heteroatoms. The van der Waals surface area contributed by atoms with E-state index in [0.717, 1.165) is 26.2 Å². The van der Waals surface area contributed by atoms with Gasteiger partial charge in [-0.25, -0.2) is 0 Å². The standard InChI is InChI=1S/C19H29N3O2/c23-19(20-9-12-21-10-5-2-6-11-21)18-16-22(13-14-24-18)15-17-7-3-1-4-8-17/h1,3-4,7-8,18H,2,5-6,9-16H2,(H,20,23)/t18-/m1/s1. The molecule has 0 unspecified atom stereocenters. The quantitative estimate of drug-likeness (QED) is 0.858. The molecule has 2 aliphatic heterocycles. The minimum Gasteiger partial charge on any atom is -0.366 e. The van der Waals surface area contributed by atoms with Crippen molar-refractivity contribution in [2.45, 2.75) is 31.9 Å². The Morgan fingerprint density at radius 3 is 2.67 bits per heavy atom. The van der Waals surface area contributed by atoms with Crippen molar-refractivity contribution in [1.29, 1.82) is 0 Å². The van der Waals surface area contributed by atoms with E-state index in [1.54, 1.807) is 0 Å². The Morgan fingerprint density at radius 2 is 1.88 bits per heavy atom. The summed E-state index contributed by atoms with van der Waals surface area (Å²) in [5.41, 5.74) is 1.28. The van der Waals surface area contributed by atoms with Gasteiger partial charge in [0.2, 0.25) is 0 Å². The fraction of sp³-hybridized carbons (Fsp3) is 0.632. The Bertz CT molecular complexity index is 503. The van der Waals surface area contributed by atoms with Gasteiger partial charge < -0.3 is 15.0 Å². The molecule has 0 spiro atoms. The van der Waals surface area contributed by atoms with E-state index < -0.39 is 0 Å². The van der Waals surface area contributed by atoms with Crippen molar-refractivity contribution in [3.8, 4) is 0 Å². The van der Waals surface area contributed by atoms with E-state index in [-0.39, 0.29) is 12.0 Å². The summed E-state index contributed by atoms with van der Waals surface area (Å²) >= 11 is 0. The van der Waals surface area contributed by atoms with E-state index in [1.165, 1.54) is 37.9 Å². The minimum atomic E-state index is -0.344. The predicted octanol–water partition coefficient (Wildman–Crippen LogP) is 1.49. The monoisotopic (exact) mass is 331 g/mol. The van der Waals surface area contributed by atoms with E-state index >= 15 is 0 Å². The molecular weight excluding hydrogens is 302 g/mol. The number of hydrogen-bond acceptors (Lipinski definition) is 4. The number of amides is 1. The van der Waals surface area contributed by atoms with Crippen LogP contribution in [0.2, 0.25) is 0 Å². The highest BCUT2D eigenvalue weighted by Crippen LogP contribution is 2.11. The van der Waals surface area contributed by atoms with Gasteiger partial charge in [-0.2, -0.15) is 0 Å². The fourth-order valence-corrected chi connectivity index (χ4v) is 3.48. The minimum absolute atomic E-state index is 0.0322. The van der Waals surface area contributed by atoms with Crippen molar-refractivity contribution in [1.82, 2.24) is 15.1 Å². The first-order valence-corrected chi connectivity index (χ1v) is 9.19. The van der Waals surface area contributed by atoms with Gasteiger partial charge in [-0.3, -0.25) is 9.69 Å². The van der Waals surface area contributed by atoms with Crippen molar-refractivity contribution in [2.75, 3.05) is 45.9 Å². The van der Waals surface area contributed by atoms with Crippen molar-refractivity contribution >= 4 is 5.91 Å². The molecule has 0 saturated carbocycles. The molecule has 1 amide bonds. The molecule has 0 aromatic heterocycles. The molecule has 1 aromatic carbocycles. The predicted molar refractivity (Wildman–Crippen MR) is 94.8 cm³/mol. The van der Waals surface area contributed by atoms with Crippen LogP contribution in [0.3, 0.4) is 0 Å². The number of nitrogens with one attached hydrogen (secondary N) is 1. The van der Waals surface area contributed by atoms with Crippen LogP contribution < -0.4 is 5.32 Å². The van der Waals surface area contributed by atoms with Crippen LogP contribution in [0.25, 0.3) is 0 Å². The van der Waals surface area contributed by atoms with Crippen LogP contribution in [0.4, 0.5) is 0 Å².